The second-order valence-electron chi connectivity index (χ2n) is 7.68. The summed E-state index contributed by atoms with van der Waals surface area (Å²) in [5.41, 5.74) is 1.40. The number of methoxy groups -OCH3 is 1. The Morgan fingerprint density at radius 2 is 2.19 bits per heavy atom. The predicted molar refractivity (Wildman–Crippen MR) is 100 cm³/mol. The molecule has 7 nitrogen and oxygen atoms in total. The zero-order valence-corrected chi connectivity index (χ0v) is 15.7. The molecule has 0 atom stereocenters. The molecule has 2 N–H and O–H groups in total. The van der Waals surface area contributed by atoms with Gasteiger partial charge in [0.2, 0.25) is 11.7 Å². The number of nitrogens with zero attached hydrogens (tertiary/aromatic N) is 2. The van der Waals surface area contributed by atoms with E-state index in [0.29, 0.717) is 36.3 Å². The average molecular weight is 370 g/mol. The third-order valence-electron chi connectivity index (χ3n) is 5.49. The van der Waals surface area contributed by atoms with Gasteiger partial charge in [0.1, 0.15) is 0 Å². The van der Waals surface area contributed by atoms with Crippen LogP contribution in [0, 0.1) is 5.41 Å². The minimum Gasteiger partial charge on any atom is -0.384 e. The van der Waals surface area contributed by atoms with Crippen LogP contribution in [0.4, 0.5) is 0 Å². The van der Waals surface area contributed by atoms with Gasteiger partial charge in [0.15, 0.2) is 0 Å². The molecule has 1 amide bonds. The number of amides is 1. The van der Waals surface area contributed by atoms with Crippen LogP contribution in [0.1, 0.15) is 47.8 Å². The maximum absolute atomic E-state index is 12.7. The molecule has 2 fully saturated rings. The molecule has 2 aromatic rings. The number of nitrogens with one attached hydrogen (secondary N) is 2. The van der Waals surface area contributed by atoms with Crippen LogP contribution in [-0.4, -0.2) is 49.4 Å². The minimum absolute atomic E-state index is 0.000104. The molecule has 2 heterocycles. The number of ether oxygens (including phenoxy) is 1. The van der Waals surface area contributed by atoms with Gasteiger partial charge in [0.25, 0.3) is 5.91 Å². The first kappa shape index (κ1) is 18.1. The second kappa shape index (κ2) is 7.78. The molecule has 4 rings (SSSR count). The Hall–Kier alpha value is -2.25. The molecule has 27 heavy (non-hydrogen) atoms. The number of rotatable bonds is 7. The van der Waals surface area contributed by atoms with Gasteiger partial charge < -0.3 is 19.9 Å². The largest absolute Gasteiger partial charge is 0.384 e. The maximum atomic E-state index is 12.7. The van der Waals surface area contributed by atoms with Crippen molar-refractivity contribution < 1.29 is 14.1 Å². The summed E-state index contributed by atoms with van der Waals surface area (Å²) in [6.07, 6.45) is 4.22. The van der Waals surface area contributed by atoms with Gasteiger partial charge in [-0.15, -0.1) is 0 Å². The van der Waals surface area contributed by atoms with Gasteiger partial charge in [-0.2, -0.15) is 4.98 Å². The SMILES string of the molecule is COCC1(CNC(=O)c2cccc(-c3noc(C4CC4)n3)c2)CCNCC1. The summed E-state index contributed by atoms with van der Waals surface area (Å²) in [4.78, 5) is 17.2. The van der Waals surface area contributed by atoms with E-state index < -0.39 is 0 Å². The van der Waals surface area contributed by atoms with E-state index in [9.17, 15) is 4.79 Å². The van der Waals surface area contributed by atoms with Crippen LogP contribution in [0.2, 0.25) is 0 Å². The maximum Gasteiger partial charge on any atom is 0.251 e. The van der Waals surface area contributed by atoms with Crippen LogP contribution in [-0.2, 0) is 4.74 Å². The predicted octanol–water partition coefficient (Wildman–Crippen LogP) is 2.36. The monoisotopic (exact) mass is 370 g/mol. The van der Waals surface area contributed by atoms with Crippen LogP contribution in [0.5, 0.6) is 0 Å². The van der Waals surface area contributed by atoms with Gasteiger partial charge >= 0.3 is 0 Å². The number of aromatic nitrogens is 2. The Balaban J connectivity index is 1.43. The highest BCUT2D eigenvalue weighted by atomic mass is 16.5. The second-order valence-corrected chi connectivity index (χ2v) is 7.68. The number of hydrogen-bond donors (Lipinski definition) is 2. The van der Waals surface area contributed by atoms with E-state index in [1.54, 1.807) is 7.11 Å². The van der Waals surface area contributed by atoms with Gasteiger partial charge in [0.05, 0.1) is 6.61 Å². The molecule has 0 unspecified atom stereocenters. The van der Waals surface area contributed by atoms with E-state index in [1.165, 1.54) is 0 Å². The van der Waals surface area contributed by atoms with E-state index >= 15 is 0 Å². The molecule has 0 bridgehead atoms. The van der Waals surface area contributed by atoms with E-state index in [2.05, 4.69) is 20.8 Å². The van der Waals surface area contributed by atoms with Crippen molar-refractivity contribution in [3.05, 3.63) is 35.7 Å². The fourth-order valence-corrected chi connectivity index (χ4v) is 3.65. The molecule has 0 radical (unpaired) electrons. The van der Waals surface area contributed by atoms with Gasteiger partial charge in [-0.05, 0) is 50.9 Å². The third-order valence-corrected chi connectivity index (χ3v) is 5.49. The Bertz CT molecular complexity index is 789. The van der Waals surface area contributed by atoms with E-state index in [0.717, 1.165) is 44.3 Å². The van der Waals surface area contributed by atoms with Crippen molar-refractivity contribution in [2.24, 2.45) is 5.41 Å². The van der Waals surface area contributed by atoms with Gasteiger partial charge in [0, 0.05) is 36.1 Å². The van der Waals surface area contributed by atoms with Crippen LogP contribution >= 0.6 is 0 Å². The molecular weight excluding hydrogens is 344 g/mol. The van der Waals surface area contributed by atoms with E-state index in [-0.39, 0.29) is 11.3 Å². The van der Waals surface area contributed by atoms with Gasteiger partial charge in [-0.1, -0.05) is 17.3 Å². The van der Waals surface area contributed by atoms with Crippen LogP contribution in [0.25, 0.3) is 11.4 Å². The summed E-state index contributed by atoms with van der Waals surface area (Å²) in [5.74, 6) is 1.57. The highest BCUT2D eigenvalue weighted by Gasteiger charge is 2.33. The smallest absolute Gasteiger partial charge is 0.251 e. The van der Waals surface area contributed by atoms with Crippen LogP contribution < -0.4 is 10.6 Å². The highest BCUT2D eigenvalue weighted by Crippen LogP contribution is 2.39. The summed E-state index contributed by atoms with van der Waals surface area (Å²) in [6, 6.07) is 7.39. The van der Waals surface area contributed by atoms with Crippen LogP contribution in [0.15, 0.2) is 28.8 Å². The molecule has 0 spiro atoms. The lowest BCUT2D eigenvalue weighted by Gasteiger charge is -2.37. The van der Waals surface area contributed by atoms with Crippen molar-refractivity contribution in [1.82, 2.24) is 20.8 Å². The Labute approximate surface area is 158 Å². The number of piperidine rings is 1. The van der Waals surface area contributed by atoms with Crippen molar-refractivity contribution in [3.63, 3.8) is 0 Å². The molecule has 2 aliphatic rings. The lowest BCUT2D eigenvalue weighted by atomic mass is 9.79. The number of carbonyl (C=O) groups is 1. The molecule has 1 aromatic carbocycles. The topological polar surface area (TPSA) is 89.3 Å². The summed E-state index contributed by atoms with van der Waals surface area (Å²) in [5, 5.41) is 10.5. The Morgan fingerprint density at radius 3 is 2.93 bits per heavy atom. The fourth-order valence-electron chi connectivity index (χ4n) is 3.65. The van der Waals surface area contributed by atoms with Crippen LogP contribution in [0.3, 0.4) is 0 Å². The minimum atomic E-state index is -0.0863. The van der Waals surface area contributed by atoms with Gasteiger partial charge in [-0.25, -0.2) is 0 Å². The molecule has 1 aliphatic heterocycles. The van der Waals surface area contributed by atoms with Crippen molar-refractivity contribution in [2.45, 2.75) is 31.6 Å². The first-order valence-electron chi connectivity index (χ1n) is 9.61. The Kier molecular flexibility index (Phi) is 5.22. The molecule has 7 heteroatoms. The average Bonchev–Trinajstić information content (AvgIpc) is 3.44. The third kappa shape index (κ3) is 4.20. The van der Waals surface area contributed by atoms with E-state index in [4.69, 9.17) is 9.26 Å². The Morgan fingerprint density at radius 1 is 1.37 bits per heavy atom. The molecular formula is C20H26N4O3. The van der Waals surface area contributed by atoms with Gasteiger partial charge in [-0.3, -0.25) is 4.79 Å². The number of carbonyl (C=O) groups excluding carboxylic acids is 1. The molecule has 1 saturated heterocycles. The van der Waals surface area contributed by atoms with Crippen molar-refractivity contribution in [1.29, 1.82) is 0 Å². The molecule has 144 valence electrons. The summed E-state index contributed by atoms with van der Waals surface area (Å²) in [6.45, 7) is 3.17. The lowest BCUT2D eigenvalue weighted by Crippen LogP contribution is -2.47. The van der Waals surface area contributed by atoms with Crippen molar-refractivity contribution >= 4 is 5.91 Å². The lowest BCUT2D eigenvalue weighted by molar-refractivity contribution is 0.0512. The number of benzene rings is 1. The first-order chi connectivity index (χ1) is 13.2. The highest BCUT2D eigenvalue weighted by molar-refractivity contribution is 5.95. The fraction of sp³-hybridized carbons (Fsp3) is 0.550. The molecule has 1 aliphatic carbocycles. The quantitative estimate of drug-likeness (QED) is 0.778. The normalized spacial score (nSPS) is 19.0. The summed E-state index contributed by atoms with van der Waals surface area (Å²) >= 11 is 0. The van der Waals surface area contributed by atoms with Crippen molar-refractivity contribution in [3.8, 4) is 11.4 Å². The molecule has 1 saturated carbocycles. The standard InChI is InChI=1S/C20H26N4O3/c1-26-13-20(7-9-21-10-8-20)12-22-18(25)16-4-2-3-15(11-16)17-23-19(27-24-17)14-5-6-14/h2-4,11,14,21H,5-10,12-13H2,1H3,(H,22,25). The molecule has 1 aromatic heterocycles. The number of hydrogen-bond acceptors (Lipinski definition) is 6. The van der Waals surface area contributed by atoms with Crippen molar-refractivity contribution in [2.75, 3.05) is 33.4 Å². The first-order valence-corrected chi connectivity index (χ1v) is 9.61. The summed E-state index contributed by atoms with van der Waals surface area (Å²) in [7, 11) is 1.72. The zero-order chi connectivity index (χ0) is 18.7. The summed E-state index contributed by atoms with van der Waals surface area (Å²) < 4.78 is 10.7. The van der Waals surface area contributed by atoms with E-state index in [1.807, 2.05) is 24.3 Å². The zero-order valence-electron chi connectivity index (χ0n) is 15.7.